The van der Waals surface area contributed by atoms with Crippen molar-refractivity contribution in [2.75, 3.05) is 24.9 Å². The van der Waals surface area contributed by atoms with E-state index >= 15 is 0 Å². The lowest BCUT2D eigenvalue weighted by Crippen LogP contribution is -2.31. The number of carbonyl (C=O) groups is 1. The van der Waals surface area contributed by atoms with Crippen molar-refractivity contribution in [2.24, 2.45) is 0 Å². The Morgan fingerprint density at radius 2 is 1.84 bits per heavy atom. The predicted molar refractivity (Wildman–Crippen MR) is 145 cm³/mol. The summed E-state index contributed by atoms with van der Waals surface area (Å²) in [6.07, 6.45) is 0. The van der Waals surface area contributed by atoms with E-state index < -0.39 is 6.04 Å². The second kappa shape index (κ2) is 10.2. The number of para-hydroxylation sites is 2. The van der Waals surface area contributed by atoms with Crippen LogP contribution in [0.2, 0.25) is 10.0 Å². The molecule has 188 valence electrons. The highest BCUT2D eigenvalue weighted by Gasteiger charge is 2.35. The van der Waals surface area contributed by atoms with Gasteiger partial charge in [0.25, 0.3) is 5.91 Å². The molecule has 10 heteroatoms. The van der Waals surface area contributed by atoms with Gasteiger partial charge >= 0.3 is 0 Å². The van der Waals surface area contributed by atoms with Crippen molar-refractivity contribution in [1.29, 1.82) is 0 Å². The van der Waals surface area contributed by atoms with Crippen molar-refractivity contribution >= 4 is 40.7 Å². The summed E-state index contributed by atoms with van der Waals surface area (Å²) < 4.78 is 12.6. The van der Waals surface area contributed by atoms with Crippen LogP contribution in [-0.2, 0) is 4.79 Å². The van der Waals surface area contributed by atoms with E-state index in [9.17, 15) is 4.79 Å². The molecule has 1 amide bonds. The molecule has 1 atom stereocenters. The molecule has 0 saturated carbocycles. The summed E-state index contributed by atoms with van der Waals surface area (Å²) in [6, 6.07) is 19.3. The topological polar surface area (TPSA) is 90.3 Å². The van der Waals surface area contributed by atoms with Gasteiger partial charge in [0.1, 0.15) is 17.5 Å². The Bertz CT molecular complexity index is 1530. The number of benzene rings is 3. The molecule has 2 heterocycles. The predicted octanol–water partition coefficient (Wildman–Crippen LogP) is 6.20. The fraction of sp³-hybridized carbons (Fsp3) is 0.148. The lowest BCUT2D eigenvalue weighted by Gasteiger charge is -2.29. The number of methoxy groups -OCH3 is 2. The minimum Gasteiger partial charge on any atom is -0.497 e. The number of carbonyl (C=O) groups excluding carboxylic acids is 1. The number of ether oxygens (including phenoxy) is 2. The molecule has 1 aliphatic rings. The number of nitrogens with one attached hydrogen (secondary N) is 2. The monoisotopic (exact) mass is 535 g/mol. The van der Waals surface area contributed by atoms with Gasteiger partial charge in [-0.2, -0.15) is 4.98 Å². The van der Waals surface area contributed by atoms with E-state index in [-0.39, 0.29) is 5.91 Å². The van der Waals surface area contributed by atoms with Gasteiger partial charge in [-0.25, -0.2) is 4.68 Å². The number of allylic oxidation sites excluding steroid dienone is 1. The number of hydrogen-bond donors (Lipinski definition) is 2. The number of aromatic nitrogens is 3. The van der Waals surface area contributed by atoms with Crippen LogP contribution in [0.25, 0.3) is 11.4 Å². The molecule has 4 aromatic rings. The summed E-state index contributed by atoms with van der Waals surface area (Å²) in [4.78, 5) is 18.5. The summed E-state index contributed by atoms with van der Waals surface area (Å²) in [7, 11) is 3.15. The minimum atomic E-state index is -0.603. The molecular weight excluding hydrogens is 513 g/mol. The Labute approximate surface area is 223 Å². The number of hydrogen-bond acceptors (Lipinski definition) is 6. The molecule has 0 saturated heterocycles. The molecule has 1 aromatic heterocycles. The molecule has 8 nitrogen and oxygen atoms in total. The van der Waals surface area contributed by atoms with Gasteiger partial charge in [-0.05, 0) is 55.0 Å². The third kappa shape index (κ3) is 4.73. The highest BCUT2D eigenvalue weighted by Crippen LogP contribution is 2.39. The molecular formula is C27H23Cl2N5O3. The largest absolute Gasteiger partial charge is 0.497 e. The summed E-state index contributed by atoms with van der Waals surface area (Å²) >= 11 is 12.5. The maximum absolute atomic E-state index is 13.8. The van der Waals surface area contributed by atoms with E-state index in [0.29, 0.717) is 55.8 Å². The first kappa shape index (κ1) is 24.7. The van der Waals surface area contributed by atoms with Crippen molar-refractivity contribution < 1.29 is 14.3 Å². The minimum absolute atomic E-state index is 0.311. The van der Waals surface area contributed by atoms with Crippen molar-refractivity contribution in [1.82, 2.24) is 14.8 Å². The van der Waals surface area contributed by atoms with Gasteiger partial charge in [0, 0.05) is 16.3 Å². The van der Waals surface area contributed by atoms with Crippen LogP contribution in [0.5, 0.6) is 11.5 Å². The Morgan fingerprint density at radius 1 is 1.03 bits per heavy atom. The lowest BCUT2D eigenvalue weighted by molar-refractivity contribution is -0.113. The first-order chi connectivity index (χ1) is 17.9. The number of nitrogens with zero attached hydrogens (tertiary/aromatic N) is 3. The highest BCUT2D eigenvalue weighted by atomic mass is 35.5. The maximum atomic E-state index is 13.8. The normalized spacial score (nSPS) is 14.6. The fourth-order valence-corrected chi connectivity index (χ4v) is 4.78. The summed E-state index contributed by atoms with van der Waals surface area (Å²) in [5.74, 6) is 1.77. The Hall–Kier alpha value is -4.01. The molecule has 5 rings (SSSR count). The zero-order valence-corrected chi connectivity index (χ0v) is 21.8. The number of rotatable bonds is 6. The third-order valence-corrected chi connectivity index (χ3v) is 6.58. The molecule has 0 radical (unpaired) electrons. The molecule has 0 fully saturated rings. The Kier molecular flexibility index (Phi) is 6.78. The summed E-state index contributed by atoms with van der Waals surface area (Å²) in [6.45, 7) is 1.83. The smallest absolute Gasteiger partial charge is 0.255 e. The van der Waals surface area contributed by atoms with Crippen LogP contribution >= 0.6 is 23.2 Å². The van der Waals surface area contributed by atoms with E-state index in [0.717, 1.165) is 5.56 Å². The summed E-state index contributed by atoms with van der Waals surface area (Å²) in [5, 5.41) is 11.9. The van der Waals surface area contributed by atoms with Gasteiger partial charge in [0.15, 0.2) is 5.82 Å². The van der Waals surface area contributed by atoms with E-state index in [2.05, 4.69) is 15.6 Å². The summed E-state index contributed by atoms with van der Waals surface area (Å²) in [5.41, 5.74) is 3.07. The zero-order chi connectivity index (χ0) is 26.1. The fourth-order valence-electron chi connectivity index (χ4n) is 4.29. The van der Waals surface area contributed by atoms with E-state index in [1.54, 1.807) is 49.2 Å². The first-order valence-corrected chi connectivity index (χ1v) is 12.1. The van der Waals surface area contributed by atoms with Gasteiger partial charge in [-0.1, -0.05) is 47.5 Å². The number of anilines is 2. The van der Waals surface area contributed by atoms with Crippen LogP contribution < -0.4 is 20.1 Å². The quantitative estimate of drug-likeness (QED) is 0.305. The van der Waals surface area contributed by atoms with Crippen molar-refractivity contribution in [3.05, 3.63) is 93.6 Å². The zero-order valence-electron chi connectivity index (χ0n) is 20.3. The first-order valence-electron chi connectivity index (χ1n) is 11.4. The average molecular weight is 536 g/mol. The van der Waals surface area contributed by atoms with Crippen LogP contribution in [0.3, 0.4) is 0 Å². The molecule has 0 spiro atoms. The van der Waals surface area contributed by atoms with Crippen LogP contribution in [0.1, 0.15) is 18.5 Å². The lowest BCUT2D eigenvalue weighted by atomic mass is 9.95. The Balaban J connectivity index is 1.62. The van der Waals surface area contributed by atoms with Crippen LogP contribution in [-0.4, -0.2) is 34.9 Å². The molecule has 1 aliphatic heterocycles. The van der Waals surface area contributed by atoms with E-state index in [1.807, 2.05) is 43.3 Å². The Morgan fingerprint density at radius 3 is 2.59 bits per heavy atom. The van der Waals surface area contributed by atoms with E-state index in [4.69, 9.17) is 37.8 Å². The third-order valence-electron chi connectivity index (χ3n) is 6.03. The molecule has 3 aromatic carbocycles. The van der Waals surface area contributed by atoms with Gasteiger partial charge in [0.05, 0.1) is 30.5 Å². The standard InChI is InChI=1S/C27H23Cl2N5O3/c1-15-23(26(35)31-21-9-4-5-10-22(21)37-3)24(16-7-6-8-18(13-16)36-2)34-27(30-15)32-25(33-34)19-12-11-17(28)14-20(19)29/h4-14,24H,1-3H3,(H,31,35)(H,30,32,33). The SMILES string of the molecule is COc1cccc(C2C(C(=O)Nc3ccccc3OC)=C(C)Nc3nc(-c4ccc(Cl)cc4Cl)nn32)c1. The average Bonchev–Trinajstić information content (AvgIpc) is 3.31. The van der Waals surface area contributed by atoms with Crippen LogP contribution in [0.4, 0.5) is 11.6 Å². The number of fused-ring (bicyclic) bond motifs is 1. The van der Waals surface area contributed by atoms with Gasteiger partial charge < -0.3 is 20.1 Å². The van der Waals surface area contributed by atoms with Crippen LogP contribution in [0.15, 0.2) is 78.0 Å². The van der Waals surface area contributed by atoms with Crippen molar-refractivity contribution in [3.8, 4) is 22.9 Å². The second-order valence-corrected chi connectivity index (χ2v) is 9.17. The molecule has 37 heavy (non-hydrogen) atoms. The molecule has 0 aliphatic carbocycles. The van der Waals surface area contributed by atoms with E-state index in [1.165, 1.54) is 0 Å². The molecule has 2 N–H and O–H groups in total. The second-order valence-electron chi connectivity index (χ2n) is 8.32. The van der Waals surface area contributed by atoms with Gasteiger partial charge in [0.2, 0.25) is 5.95 Å². The van der Waals surface area contributed by atoms with Crippen molar-refractivity contribution in [3.63, 3.8) is 0 Å². The van der Waals surface area contributed by atoms with Crippen LogP contribution in [0, 0.1) is 0 Å². The number of amides is 1. The molecule has 1 unspecified atom stereocenters. The number of halogens is 2. The van der Waals surface area contributed by atoms with Gasteiger partial charge in [-0.3, -0.25) is 4.79 Å². The highest BCUT2D eigenvalue weighted by molar-refractivity contribution is 6.36. The van der Waals surface area contributed by atoms with Crippen molar-refractivity contribution in [2.45, 2.75) is 13.0 Å². The van der Waals surface area contributed by atoms with Gasteiger partial charge in [-0.15, -0.1) is 5.10 Å². The maximum Gasteiger partial charge on any atom is 0.255 e. The molecule has 0 bridgehead atoms.